The van der Waals surface area contributed by atoms with Crippen molar-refractivity contribution >= 4 is 31.6 Å². The van der Waals surface area contributed by atoms with Crippen molar-refractivity contribution in [2.75, 3.05) is 10.9 Å². The maximum Gasteiger partial charge on any atom is 1.00 e. The van der Waals surface area contributed by atoms with Crippen molar-refractivity contribution in [2.45, 2.75) is 23.6 Å². The Morgan fingerprint density at radius 3 is 1.24 bits per heavy atom. The van der Waals surface area contributed by atoms with Gasteiger partial charge < -0.3 is 9.11 Å². The minimum absolute atomic E-state index is 0. The Hall–Kier alpha value is -4.22. The molecule has 22 heteroatoms. The molecule has 0 amide bonds. The molecule has 2 aliphatic carbocycles. The molecule has 0 unspecified atom stereocenters. The van der Waals surface area contributed by atoms with E-state index >= 15 is 0 Å². The van der Waals surface area contributed by atoms with Crippen LogP contribution in [0.5, 0.6) is 0 Å². The van der Waals surface area contributed by atoms with Gasteiger partial charge in [0.05, 0.1) is 37.8 Å². The third-order valence-electron chi connectivity index (χ3n) is 8.42. The van der Waals surface area contributed by atoms with E-state index < -0.39 is 73.2 Å². The molecule has 0 bridgehead atoms. The zero-order chi connectivity index (χ0) is 37.9. The number of benzene rings is 2. The van der Waals surface area contributed by atoms with Crippen molar-refractivity contribution in [1.29, 1.82) is 0 Å². The van der Waals surface area contributed by atoms with E-state index in [0.717, 1.165) is 0 Å². The van der Waals surface area contributed by atoms with Gasteiger partial charge in [-0.1, -0.05) is 36.4 Å². The van der Waals surface area contributed by atoms with Crippen LogP contribution >= 0.6 is 0 Å². The number of rotatable bonds is 8. The first-order valence-corrected chi connectivity index (χ1v) is 17.8. The Balaban J connectivity index is 0.00000325. The largest absolute Gasteiger partial charge is 1.00 e. The zero-order valence-corrected chi connectivity index (χ0v) is 35.1. The molecule has 268 valence electrons. The number of anilines is 2. The molecule has 0 fully saturated rings. The van der Waals surface area contributed by atoms with Gasteiger partial charge in [-0.15, -0.1) is 0 Å². The van der Waals surface area contributed by atoms with Crippen LogP contribution in [0.1, 0.15) is 11.4 Å². The molecule has 0 spiro atoms. The van der Waals surface area contributed by atoms with Gasteiger partial charge in [0, 0.05) is 14.1 Å². The van der Waals surface area contributed by atoms with Gasteiger partial charge in [-0.05, 0) is 55.5 Å². The topological polar surface area (TPSA) is 251 Å². The Morgan fingerprint density at radius 2 is 0.926 bits per heavy atom. The predicted molar refractivity (Wildman–Crippen MR) is 182 cm³/mol. The second kappa shape index (κ2) is 15.9. The predicted octanol–water partition coefficient (Wildman–Crippen LogP) is -6.73. The third-order valence-corrected chi connectivity index (χ3v) is 10.1. The van der Waals surface area contributed by atoms with E-state index in [1.54, 1.807) is 74.8 Å². The van der Waals surface area contributed by atoms with E-state index in [1.165, 1.54) is 32.6 Å². The molecule has 2 N–H and O–H groups in total. The van der Waals surface area contributed by atoms with Crippen molar-refractivity contribution in [1.82, 2.24) is 18.7 Å². The maximum absolute atomic E-state index is 13.8. The van der Waals surface area contributed by atoms with Gasteiger partial charge in [0.15, 0.2) is 0 Å². The summed E-state index contributed by atoms with van der Waals surface area (Å²) in [5, 5.41) is 3.78. The summed E-state index contributed by atoms with van der Waals surface area (Å²) in [6, 6.07) is 17.8. The van der Waals surface area contributed by atoms with Crippen LogP contribution in [0.15, 0.2) is 112 Å². The van der Waals surface area contributed by atoms with E-state index in [4.69, 9.17) is 0 Å². The fraction of sp³-hybridized carbons (Fsp3) is 0.125. The van der Waals surface area contributed by atoms with Gasteiger partial charge in [-0.3, -0.25) is 39.4 Å². The summed E-state index contributed by atoms with van der Waals surface area (Å²) in [6.07, 6.45) is 0. The number of hydrogen-bond donors (Lipinski definition) is 2. The second-order valence-corrected chi connectivity index (χ2v) is 14.1. The van der Waals surface area contributed by atoms with E-state index in [-0.39, 0.29) is 81.9 Å². The van der Waals surface area contributed by atoms with Gasteiger partial charge in [0.1, 0.15) is 42.3 Å². The molecule has 0 saturated heterocycles. The molecule has 0 saturated carbocycles. The second-order valence-electron chi connectivity index (χ2n) is 11.4. The zero-order valence-electron chi connectivity index (χ0n) is 29.5. The van der Waals surface area contributed by atoms with Crippen molar-refractivity contribution in [2.24, 2.45) is 24.3 Å². The minimum Gasteiger partial charge on any atom is -0.744 e. The molecule has 2 aromatic carbocycles. The molecule has 4 aromatic rings. The summed E-state index contributed by atoms with van der Waals surface area (Å²) in [7, 11) is -7.99. The summed E-state index contributed by atoms with van der Waals surface area (Å²) < 4.78 is 79.5. The van der Waals surface area contributed by atoms with Crippen LogP contribution < -0.4 is 103 Å². The van der Waals surface area contributed by atoms with Gasteiger partial charge in [-0.2, -0.15) is 10.2 Å². The Labute approximate surface area is 349 Å². The molecule has 18 nitrogen and oxygen atoms in total. The van der Waals surface area contributed by atoms with E-state index in [9.17, 15) is 45.1 Å². The van der Waals surface area contributed by atoms with Crippen molar-refractivity contribution in [3.05, 3.63) is 146 Å². The number of nitrogens with zero attached hydrogens (tertiary/aromatic N) is 6. The van der Waals surface area contributed by atoms with Crippen LogP contribution in [0.4, 0.5) is 11.4 Å². The number of aromatic nitrogens is 4. The van der Waals surface area contributed by atoms with Crippen LogP contribution in [0.2, 0.25) is 0 Å². The van der Waals surface area contributed by atoms with Gasteiger partial charge in [0.25, 0.3) is 11.1 Å². The van der Waals surface area contributed by atoms with Crippen LogP contribution in [0, 0.1) is 24.3 Å². The Kier molecular flexibility index (Phi) is 12.5. The summed E-state index contributed by atoms with van der Waals surface area (Å²) in [5.41, 5.74) is 1.47. The molecule has 0 radical (unpaired) electrons. The molecule has 6 rings (SSSR count). The van der Waals surface area contributed by atoms with Crippen LogP contribution in [-0.4, -0.2) is 44.7 Å². The average molecular weight is 793 g/mol. The van der Waals surface area contributed by atoms with Gasteiger partial charge >= 0.3 is 59.1 Å². The maximum atomic E-state index is 13.8. The SMILES string of the molecule is Cc1c(N/N=c2\c(S(=O)(=O)[O-])cc3cc(S(=O)(=O)[O-])/c(=N\Nc4c(C)n(C)n(-c5ccccc5)c4=O)c(=O)c=3c2=O)c(=O)n(-c2ccccc2)n1C.[Na+].[Na+]. The van der Waals surface area contributed by atoms with Gasteiger partial charge in [-0.25, -0.2) is 26.2 Å². The standard InChI is InChI=1S/C32H28N8O10S2.2Na/c1-17-25(31(43)39(37(17)3)20-11-7-5-8-12-20)33-35-27-22(51(45,46)47)15-19-16-23(52(48,49)50)28(30(42)24(19)29(27)41)36-34-26-18(2)38(4)40(32(26)44)21-13-9-6-10-14-21;;/h5-16,33-34H,1-4H3,(H,45,46,47)(H,48,49,50);;/q;2*+1/p-2/b35-27+,36-28+;;. The van der Waals surface area contributed by atoms with E-state index in [0.29, 0.717) is 23.5 Å². The summed E-state index contributed by atoms with van der Waals surface area (Å²) in [5.74, 6) is 0. The Morgan fingerprint density at radius 1 is 0.593 bits per heavy atom. The average Bonchev–Trinajstić information content (AvgIpc) is 3.43. The van der Waals surface area contributed by atoms with Crippen molar-refractivity contribution in [3.8, 4) is 11.4 Å². The number of hydrogen-bond acceptors (Lipinski definition) is 14. The number of para-hydroxylation sites is 2. The molecule has 0 aliphatic heterocycles. The van der Waals surface area contributed by atoms with Crippen LogP contribution in [0.25, 0.3) is 11.4 Å². The molecule has 2 aromatic heterocycles. The first kappa shape index (κ1) is 42.5. The Bertz CT molecular complexity index is 2890. The van der Waals surface area contributed by atoms with Crippen LogP contribution in [-0.2, 0) is 34.3 Å². The molecule has 54 heavy (non-hydrogen) atoms. The first-order valence-electron chi connectivity index (χ1n) is 15.0. The molecular formula is C32H26N8Na2O10S2. The molecule has 0 atom stereocenters. The quantitative estimate of drug-likeness (QED) is 0.0830. The fourth-order valence-corrected chi connectivity index (χ4v) is 6.93. The summed E-state index contributed by atoms with van der Waals surface area (Å²) in [6.45, 7) is 3.04. The minimum atomic E-state index is -5.55. The fourth-order valence-electron chi connectivity index (χ4n) is 5.64. The van der Waals surface area contributed by atoms with E-state index in [1.807, 2.05) is 0 Å². The van der Waals surface area contributed by atoms with Crippen molar-refractivity contribution < 1.29 is 85.1 Å². The number of nitrogens with one attached hydrogen (secondary N) is 2. The van der Waals surface area contributed by atoms with Crippen LogP contribution in [0.3, 0.4) is 0 Å². The molecular weight excluding hydrogens is 767 g/mol. The summed E-state index contributed by atoms with van der Waals surface area (Å²) >= 11 is 0. The summed E-state index contributed by atoms with van der Waals surface area (Å²) in [4.78, 5) is 51.8. The van der Waals surface area contributed by atoms with E-state index in [2.05, 4.69) is 21.1 Å². The van der Waals surface area contributed by atoms with Gasteiger partial charge in [0.2, 0.25) is 10.9 Å². The smallest absolute Gasteiger partial charge is 0.744 e. The normalized spacial score (nSPS) is 12.4. The third kappa shape index (κ3) is 7.54. The monoisotopic (exact) mass is 792 g/mol. The molecule has 2 aliphatic rings. The van der Waals surface area contributed by atoms with Crippen molar-refractivity contribution in [3.63, 3.8) is 0 Å². The first-order chi connectivity index (χ1) is 24.4. The molecule has 2 heterocycles.